The number of rotatable bonds is 6. The van der Waals surface area contributed by atoms with Crippen molar-refractivity contribution in [3.8, 4) is 11.4 Å². The normalized spacial score (nSPS) is 13.8. The summed E-state index contributed by atoms with van der Waals surface area (Å²) in [6, 6.07) is 3.73. The molecule has 0 amide bonds. The second-order valence-corrected chi connectivity index (χ2v) is 6.58. The van der Waals surface area contributed by atoms with E-state index in [9.17, 15) is 14.4 Å². The topological polar surface area (TPSA) is 87.5 Å². The quantitative estimate of drug-likeness (QED) is 0.573. The molecule has 7 heteroatoms. The summed E-state index contributed by atoms with van der Waals surface area (Å²) in [6.45, 7) is 4.59. The van der Waals surface area contributed by atoms with Crippen molar-refractivity contribution in [3.63, 3.8) is 0 Å². The van der Waals surface area contributed by atoms with Gasteiger partial charge >= 0.3 is 0 Å². The van der Waals surface area contributed by atoms with E-state index in [1.807, 2.05) is 44.2 Å². The monoisotopic (exact) mass is 408 g/mol. The van der Waals surface area contributed by atoms with Crippen molar-refractivity contribution in [1.29, 1.82) is 0 Å². The molecular formula is C23H24N2O5. The van der Waals surface area contributed by atoms with Gasteiger partial charge in [0.1, 0.15) is 0 Å². The first-order valence-corrected chi connectivity index (χ1v) is 9.85. The average Bonchev–Trinajstić information content (AvgIpc) is 2.96. The molecule has 0 radical (unpaired) electrons. The van der Waals surface area contributed by atoms with Crippen molar-refractivity contribution in [2.24, 2.45) is 0 Å². The average molecular weight is 408 g/mol. The Bertz CT molecular complexity index is 1180. The molecule has 2 aromatic heterocycles. The maximum atomic E-state index is 13.1. The molecule has 2 aliphatic rings. The summed E-state index contributed by atoms with van der Waals surface area (Å²) < 4.78 is 11.6. The van der Waals surface area contributed by atoms with E-state index in [1.54, 1.807) is 10.6 Å². The Kier molecular flexibility index (Phi) is 6.74. The number of aromatic nitrogens is 2. The Morgan fingerprint density at radius 3 is 2.77 bits per heavy atom. The third-order valence-corrected chi connectivity index (χ3v) is 4.95. The Labute approximate surface area is 174 Å². The van der Waals surface area contributed by atoms with Gasteiger partial charge in [0.15, 0.2) is 12.4 Å². The number of methoxy groups -OCH3 is 1. The van der Waals surface area contributed by atoms with Crippen LogP contribution in [0.1, 0.15) is 43.1 Å². The highest BCUT2D eigenvalue weighted by atomic mass is 16.5. The number of fused-ring (bicyclic) bond motifs is 4. The van der Waals surface area contributed by atoms with E-state index in [0.29, 0.717) is 35.3 Å². The van der Waals surface area contributed by atoms with Crippen LogP contribution in [0.2, 0.25) is 0 Å². The Morgan fingerprint density at radius 1 is 1.27 bits per heavy atom. The fourth-order valence-electron chi connectivity index (χ4n) is 3.67. The van der Waals surface area contributed by atoms with Crippen LogP contribution in [0.5, 0.6) is 0 Å². The number of carbonyl (C=O) groups is 2. The van der Waals surface area contributed by atoms with Crippen LogP contribution in [-0.4, -0.2) is 29.4 Å². The Balaban J connectivity index is 0.00000124. The van der Waals surface area contributed by atoms with Gasteiger partial charge in [-0.3, -0.25) is 14.4 Å². The van der Waals surface area contributed by atoms with E-state index in [-0.39, 0.29) is 18.6 Å². The van der Waals surface area contributed by atoms with Crippen LogP contribution in [0, 0.1) is 0 Å². The highest BCUT2D eigenvalue weighted by Crippen LogP contribution is 2.30. The van der Waals surface area contributed by atoms with Gasteiger partial charge < -0.3 is 14.0 Å². The van der Waals surface area contributed by atoms with Crippen LogP contribution < -0.4 is 16.1 Å². The molecule has 1 atom stereocenters. The SMILES string of the molecule is CC.COCc1c(C(C=O)OC=O)cc2n(c1=O)Cc1cc3c(nc1-2)=CCC=CC=3. The minimum atomic E-state index is -1.17. The van der Waals surface area contributed by atoms with Gasteiger partial charge in [-0.2, -0.15) is 0 Å². The van der Waals surface area contributed by atoms with Gasteiger partial charge in [-0.1, -0.05) is 38.2 Å². The molecule has 156 valence electrons. The van der Waals surface area contributed by atoms with Crippen LogP contribution in [0.3, 0.4) is 0 Å². The molecule has 0 saturated heterocycles. The second-order valence-electron chi connectivity index (χ2n) is 6.58. The van der Waals surface area contributed by atoms with Gasteiger partial charge in [0.25, 0.3) is 12.0 Å². The molecule has 1 unspecified atom stereocenters. The zero-order valence-corrected chi connectivity index (χ0v) is 17.3. The number of pyridine rings is 2. The van der Waals surface area contributed by atoms with Gasteiger partial charge in [0, 0.05) is 23.5 Å². The summed E-state index contributed by atoms with van der Waals surface area (Å²) >= 11 is 0. The number of aldehydes is 1. The lowest BCUT2D eigenvalue weighted by Gasteiger charge is -2.16. The summed E-state index contributed by atoms with van der Waals surface area (Å²) in [4.78, 5) is 40.2. The molecule has 0 fully saturated rings. The first kappa shape index (κ1) is 21.4. The van der Waals surface area contributed by atoms with Crippen LogP contribution in [0.15, 0.2) is 29.1 Å². The molecule has 1 aliphatic carbocycles. The highest BCUT2D eigenvalue weighted by Gasteiger charge is 2.28. The van der Waals surface area contributed by atoms with Crippen LogP contribution >= 0.6 is 0 Å². The van der Waals surface area contributed by atoms with E-state index in [2.05, 4.69) is 0 Å². The van der Waals surface area contributed by atoms with E-state index in [0.717, 1.165) is 22.6 Å². The lowest BCUT2D eigenvalue weighted by molar-refractivity contribution is -0.139. The first-order chi connectivity index (χ1) is 14.7. The number of hydrogen-bond acceptors (Lipinski definition) is 6. The maximum Gasteiger partial charge on any atom is 0.294 e. The molecule has 2 aromatic rings. The van der Waals surface area contributed by atoms with E-state index in [4.69, 9.17) is 14.5 Å². The first-order valence-electron chi connectivity index (χ1n) is 9.85. The smallest absolute Gasteiger partial charge is 0.294 e. The molecular weight excluding hydrogens is 384 g/mol. The van der Waals surface area contributed by atoms with Crippen LogP contribution in [0.25, 0.3) is 23.5 Å². The number of allylic oxidation sites excluding steroid dienone is 2. The van der Waals surface area contributed by atoms with Gasteiger partial charge in [0.05, 0.1) is 35.5 Å². The van der Waals surface area contributed by atoms with Crippen LogP contribution in [0.4, 0.5) is 0 Å². The van der Waals surface area contributed by atoms with E-state index in [1.165, 1.54) is 7.11 Å². The van der Waals surface area contributed by atoms with Crippen molar-refractivity contribution >= 4 is 24.9 Å². The molecule has 7 nitrogen and oxygen atoms in total. The predicted octanol–water partition coefficient (Wildman–Crippen LogP) is 1.38. The molecule has 4 rings (SSSR count). The van der Waals surface area contributed by atoms with Crippen molar-refractivity contribution < 1.29 is 19.1 Å². The predicted molar refractivity (Wildman–Crippen MR) is 113 cm³/mol. The van der Waals surface area contributed by atoms with Gasteiger partial charge in [-0.05, 0) is 18.6 Å². The summed E-state index contributed by atoms with van der Waals surface area (Å²) in [7, 11) is 1.46. The van der Waals surface area contributed by atoms with Crippen LogP contribution in [-0.2, 0) is 32.2 Å². The fourth-order valence-corrected chi connectivity index (χ4v) is 3.67. The van der Waals surface area contributed by atoms with E-state index >= 15 is 0 Å². The highest BCUT2D eigenvalue weighted by molar-refractivity contribution is 5.69. The Morgan fingerprint density at radius 2 is 2.07 bits per heavy atom. The van der Waals surface area contributed by atoms with Gasteiger partial charge in [-0.15, -0.1) is 0 Å². The zero-order valence-electron chi connectivity index (χ0n) is 17.3. The van der Waals surface area contributed by atoms with E-state index < -0.39 is 6.10 Å². The minimum Gasteiger partial charge on any atom is -0.452 e. The third kappa shape index (κ3) is 3.76. The molecule has 0 N–H and O–H groups in total. The summed E-state index contributed by atoms with van der Waals surface area (Å²) in [5.41, 5.74) is 2.56. The van der Waals surface area contributed by atoms with Crippen molar-refractivity contribution in [2.75, 3.05) is 7.11 Å². The lowest BCUT2D eigenvalue weighted by Crippen LogP contribution is -2.28. The molecule has 0 bridgehead atoms. The largest absolute Gasteiger partial charge is 0.452 e. The maximum absolute atomic E-state index is 13.1. The second kappa shape index (κ2) is 9.45. The van der Waals surface area contributed by atoms with Crippen molar-refractivity contribution in [3.05, 3.63) is 61.9 Å². The lowest BCUT2D eigenvalue weighted by atomic mass is 10.0. The molecule has 0 spiro atoms. The van der Waals surface area contributed by atoms with Gasteiger partial charge in [0.2, 0.25) is 0 Å². The number of ether oxygens (including phenoxy) is 2. The fraction of sp³-hybridized carbons (Fsp3) is 0.304. The summed E-state index contributed by atoms with van der Waals surface area (Å²) in [5.74, 6) is 0. The molecule has 3 heterocycles. The standard InChI is InChI=1S/C21H18N2O5.C2H6/c1-27-11-16-15(19(10-24)28-12-25)8-18-20-14(9-23(18)21(16)26)7-13-5-3-2-4-6-17(13)22-20;1-2/h2-3,5-8,10,12,19H,4,9,11H2,1H3;1-2H3. The van der Waals surface area contributed by atoms with Crippen molar-refractivity contribution in [2.45, 2.75) is 39.5 Å². The van der Waals surface area contributed by atoms with Crippen molar-refractivity contribution in [1.82, 2.24) is 9.55 Å². The molecule has 30 heavy (non-hydrogen) atoms. The molecule has 0 aromatic carbocycles. The number of hydrogen-bond donors (Lipinski definition) is 0. The summed E-state index contributed by atoms with van der Waals surface area (Å²) in [5, 5.41) is 1.85. The minimum absolute atomic E-state index is 0.00757. The number of nitrogens with zero attached hydrogens (tertiary/aromatic N) is 2. The summed E-state index contributed by atoms with van der Waals surface area (Å²) in [6.07, 6.45) is 8.17. The van der Waals surface area contributed by atoms with Gasteiger partial charge in [-0.25, -0.2) is 4.98 Å². The number of carbonyl (C=O) groups excluding carboxylic acids is 2. The third-order valence-electron chi connectivity index (χ3n) is 4.95. The molecule has 1 aliphatic heterocycles. The molecule has 0 saturated carbocycles. The zero-order chi connectivity index (χ0) is 21.7. The Hall–Kier alpha value is -3.32.